The number of aromatic nitrogens is 7. The van der Waals surface area contributed by atoms with Crippen LogP contribution in [0.3, 0.4) is 0 Å². The van der Waals surface area contributed by atoms with E-state index in [2.05, 4.69) is 25.6 Å². The van der Waals surface area contributed by atoms with E-state index in [0.29, 0.717) is 18.7 Å². The summed E-state index contributed by atoms with van der Waals surface area (Å²) >= 11 is 0. The Morgan fingerprint density at radius 2 is 2.09 bits per heavy atom. The molecule has 1 saturated heterocycles. The highest BCUT2D eigenvalue weighted by Crippen LogP contribution is 2.58. The molecule has 6 rings (SSSR count). The average Bonchev–Trinajstić information content (AvgIpc) is 3.19. The second-order valence-corrected chi connectivity index (χ2v) is 9.12. The van der Waals surface area contributed by atoms with Gasteiger partial charge in [0, 0.05) is 31.6 Å². The Labute approximate surface area is 183 Å². The Kier molecular flexibility index (Phi) is 4.14. The number of fused-ring (bicyclic) bond motifs is 1. The van der Waals surface area contributed by atoms with Crippen molar-refractivity contribution < 1.29 is 14.7 Å². The third kappa shape index (κ3) is 3.15. The Bertz CT molecular complexity index is 1210. The van der Waals surface area contributed by atoms with Crippen LogP contribution in [-0.4, -0.2) is 63.4 Å². The fourth-order valence-electron chi connectivity index (χ4n) is 5.03. The Hall–Kier alpha value is -3.63. The molecule has 2 aliphatic heterocycles. The molecule has 3 aliphatic rings. The maximum Gasteiger partial charge on any atom is 0.354 e. The monoisotopic (exact) mass is 434 g/mol. The molecule has 11 nitrogen and oxygen atoms in total. The van der Waals surface area contributed by atoms with Crippen molar-refractivity contribution in [1.82, 2.24) is 39.9 Å². The molecule has 11 heteroatoms. The highest BCUT2D eigenvalue weighted by Gasteiger charge is 2.54. The van der Waals surface area contributed by atoms with Gasteiger partial charge >= 0.3 is 5.97 Å². The van der Waals surface area contributed by atoms with Crippen LogP contribution in [0.25, 0.3) is 5.69 Å². The first-order chi connectivity index (χ1) is 15.5. The largest absolute Gasteiger partial charge is 0.477 e. The van der Waals surface area contributed by atoms with Gasteiger partial charge in [-0.15, -0.1) is 10.2 Å². The first-order valence-electron chi connectivity index (χ1n) is 10.8. The predicted octanol–water partition coefficient (Wildman–Crippen LogP) is 1.27. The van der Waals surface area contributed by atoms with E-state index in [1.807, 2.05) is 9.58 Å². The summed E-state index contributed by atoms with van der Waals surface area (Å²) in [6.45, 7) is 1.47. The molecule has 1 aliphatic carbocycles. The second kappa shape index (κ2) is 6.94. The zero-order chi connectivity index (χ0) is 21.9. The number of carbonyl (C=O) groups excluding carboxylic acids is 1. The summed E-state index contributed by atoms with van der Waals surface area (Å²) < 4.78 is 3.42. The molecule has 2 atom stereocenters. The van der Waals surface area contributed by atoms with Crippen LogP contribution in [0, 0.1) is 11.3 Å². The van der Waals surface area contributed by atoms with Gasteiger partial charge in [-0.1, -0.05) is 10.4 Å². The number of hydrogen-bond donors (Lipinski definition) is 1. The molecule has 164 valence electrons. The van der Waals surface area contributed by atoms with Gasteiger partial charge in [-0.05, 0) is 43.2 Å². The van der Waals surface area contributed by atoms with Crippen molar-refractivity contribution in [3.05, 3.63) is 47.8 Å². The molecule has 1 spiro atoms. The number of aromatic carboxylic acids is 1. The van der Waals surface area contributed by atoms with Crippen LogP contribution in [0.2, 0.25) is 0 Å². The quantitative estimate of drug-likeness (QED) is 0.649. The van der Waals surface area contributed by atoms with Crippen molar-refractivity contribution in [1.29, 1.82) is 0 Å². The van der Waals surface area contributed by atoms with Crippen molar-refractivity contribution in [2.45, 2.75) is 44.7 Å². The SMILES string of the molecule is O=C(O)c1cc(-n2cc([C@@H]3CC4(CC4)CN3C(=O)C3CCn4nncc4C3)nn2)ccn1. The van der Waals surface area contributed by atoms with Gasteiger partial charge in [0.25, 0.3) is 0 Å². The number of carbonyl (C=O) groups is 2. The lowest BCUT2D eigenvalue weighted by Crippen LogP contribution is -2.39. The summed E-state index contributed by atoms with van der Waals surface area (Å²) in [5.74, 6) is -1.01. The number of amides is 1. The Morgan fingerprint density at radius 1 is 1.22 bits per heavy atom. The molecule has 1 N–H and O–H groups in total. The van der Waals surface area contributed by atoms with Crippen molar-refractivity contribution in [3.8, 4) is 5.69 Å². The lowest BCUT2D eigenvalue weighted by molar-refractivity contribution is -0.137. The minimum atomic E-state index is -1.10. The molecule has 1 amide bonds. The minimum Gasteiger partial charge on any atom is -0.477 e. The fraction of sp³-hybridized carbons (Fsp3) is 0.476. The number of carboxylic acid groups (broad SMARTS) is 1. The molecule has 3 aromatic heterocycles. The molecule has 0 radical (unpaired) electrons. The van der Waals surface area contributed by atoms with Crippen molar-refractivity contribution in [2.24, 2.45) is 11.3 Å². The van der Waals surface area contributed by atoms with Crippen LogP contribution < -0.4 is 0 Å². The van der Waals surface area contributed by atoms with Gasteiger partial charge in [-0.25, -0.2) is 19.1 Å². The van der Waals surface area contributed by atoms with E-state index in [0.717, 1.165) is 43.6 Å². The summed E-state index contributed by atoms with van der Waals surface area (Å²) in [7, 11) is 0. The topological polar surface area (TPSA) is 132 Å². The second-order valence-electron chi connectivity index (χ2n) is 9.12. The lowest BCUT2D eigenvalue weighted by atomic mass is 9.94. The molecule has 0 bridgehead atoms. The molecular weight excluding hydrogens is 412 g/mol. The van der Waals surface area contributed by atoms with E-state index in [4.69, 9.17) is 0 Å². The molecule has 32 heavy (non-hydrogen) atoms. The zero-order valence-corrected chi connectivity index (χ0v) is 17.3. The van der Waals surface area contributed by atoms with Crippen LogP contribution in [-0.2, 0) is 17.8 Å². The maximum absolute atomic E-state index is 13.6. The Balaban J connectivity index is 1.27. The van der Waals surface area contributed by atoms with Crippen LogP contribution in [0.1, 0.15) is 53.6 Å². The van der Waals surface area contributed by atoms with E-state index >= 15 is 0 Å². The number of nitrogens with zero attached hydrogens (tertiary/aromatic N) is 8. The fourth-order valence-corrected chi connectivity index (χ4v) is 5.03. The van der Waals surface area contributed by atoms with Gasteiger partial charge in [0.05, 0.1) is 29.8 Å². The van der Waals surface area contributed by atoms with Crippen molar-refractivity contribution in [2.75, 3.05) is 6.54 Å². The number of aryl methyl sites for hydroxylation is 1. The maximum atomic E-state index is 13.6. The third-order valence-corrected chi connectivity index (χ3v) is 7.02. The van der Waals surface area contributed by atoms with Gasteiger partial charge in [-0.2, -0.15) is 0 Å². The summed E-state index contributed by atoms with van der Waals surface area (Å²) in [6.07, 6.45) is 9.55. The highest BCUT2D eigenvalue weighted by atomic mass is 16.4. The van der Waals surface area contributed by atoms with Crippen LogP contribution in [0.5, 0.6) is 0 Å². The number of likely N-dealkylation sites (tertiary alicyclic amines) is 1. The molecule has 3 aromatic rings. The molecule has 1 saturated carbocycles. The van der Waals surface area contributed by atoms with Crippen LogP contribution >= 0.6 is 0 Å². The average molecular weight is 434 g/mol. The van der Waals surface area contributed by atoms with Crippen molar-refractivity contribution >= 4 is 11.9 Å². The molecule has 0 aromatic carbocycles. The molecule has 1 unspecified atom stereocenters. The van der Waals surface area contributed by atoms with E-state index < -0.39 is 5.97 Å². The Morgan fingerprint density at radius 3 is 2.91 bits per heavy atom. The van der Waals surface area contributed by atoms with E-state index in [9.17, 15) is 14.7 Å². The standard InChI is InChI=1S/C21H22N8O3/c30-19(13-2-6-28-15(7-13)10-23-25-28)27-12-21(3-4-21)9-18(27)17-11-29(26-24-17)14-1-5-22-16(8-14)20(31)32/h1,5,8,10-11,13,18H,2-4,6-7,9,12H2,(H,31,32)/t13?,18-/m0/s1. The molecular formula is C21H22N8O3. The third-order valence-electron chi connectivity index (χ3n) is 7.02. The van der Waals surface area contributed by atoms with Gasteiger partial charge < -0.3 is 10.0 Å². The van der Waals surface area contributed by atoms with Crippen LogP contribution in [0.15, 0.2) is 30.7 Å². The smallest absolute Gasteiger partial charge is 0.354 e. The number of pyridine rings is 1. The normalized spacial score (nSPS) is 23.3. The number of rotatable bonds is 4. The van der Waals surface area contributed by atoms with Crippen molar-refractivity contribution in [3.63, 3.8) is 0 Å². The van der Waals surface area contributed by atoms with E-state index in [1.54, 1.807) is 23.1 Å². The first kappa shape index (κ1) is 19.1. The van der Waals surface area contributed by atoms with Gasteiger partial charge in [0.15, 0.2) is 0 Å². The molecule has 2 fully saturated rings. The van der Waals surface area contributed by atoms with Crippen LogP contribution in [0.4, 0.5) is 0 Å². The molecule has 5 heterocycles. The summed E-state index contributed by atoms with van der Waals surface area (Å²) in [4.78, 5) is 30.7. The van der Waals surface area contributed by atoms with E-state index in [-0.39, 0.29) is 29.0 Å². The summed E-state index contributed by atoms with van der Waals surface area (Å²) in [5.41, 5.74) is 2.46. The van der Waals surface area contributed by atoms with Gasteiger partial charge in [0.2, 0.25) is 5.91 Å². The zero-order valence-electron chi connectivity index (χ0n) is 17.3. The first-order valence-corrected chi connectivity index (χ1v) is 10.8. The number of hydrogen-bond acceptors (Lipinski definition) is 7. The summed E-state index contributed by atoms with van der Waals surface area (Å²) in [5, 5.41) is 25.8. The minimum absolute atomic E-state index is 0.0554. The highest BCUT2D eigenvalue weighted by molar-refractivity contribution is 5.85. The lowest BCUT2D eigenvalue weighted by Gasteiger charge is -2.30. The number of carboxylic acids is 1. The summed E-state index contributed by atoms with van der Waals surface area (Å²) in [6, 6.07) is 3.02. The van der Waals surface area contributed by atoms with E-state index in [1.165, 1.54) is 12.3 Å². The predicted molar refractivity (Wildman–Crippen MR) is 109 cm³/mol. The van der Waals surface area contributed by atoms with Gasteiger partial charge in [0.1, 0.15) is 11.4 Å². The van der Waals surface area contributed by atoms with Gasteiger partial charge in [-0.3, -0.25) is 4.79 Å².